The average Bonchev–Trinajstić information content (AvgIpc) is 3.02. The molecule has 0 N–H and O–H groups in total. The van der Waals surface area contributed by atoms with E-state index in [1.54, 1.807) is 12.2 Å². The lowest BCUT2D eigenvalue weighted by Crippen LogP contribution is -2.56. The molecule has 0 aromatic carbocycles. The zero-order chi connectivity index (χ0) is 22.6. The Hall–Kier alpha value is -2.50. The summed E-state index contributed by atoms with van der Waals surface area (Å²) in [6.07, 6.45) is 10.0. The van der Waals surface area contributed by atoms with E-state index in [1.807, 2.05) is 12.2 Å². The number of fused-ring (bicyclic) bond motifs is 5. The van der Waals surface area contributed by atoms with Gasteiger partial charge < -0.3 is 9.47 Å². The van der Waals surface area contributed by atoms with Crippen molar-refractivity contribution in [2.75, 3.05) is 6.61 Å². The molecule has 0 heterocycles. The molecule has 0 radical (unpaired) electrons. The minimum atomic E-state index is -0.478. The maximum atomic E-state index is 12.9. The second-order valence-electron chi connectivity index (χ2n) is 9.85. The molecule has 0 spiro atoms. The fourth-order valence-corrected chi connectivity index (χ4v) is 6.86. The van der Waals surface area contributed by atoms with Gasteiger partial charge in [0.1, 0.15) is 6.10 Å². The smallest absolute Gasteiger partial charge is 0.303 e. The first-order valence-electron chi connectivity index (χ1n) is 11.0. The van der Waals surface area contributed by atoms with E-state index in [0.717, 1.165) is 24.8 Å². The van der Waals surface area contributed by atoms with Gasteiger partial charge in [0.15, 0.2) is 18.2 Å². The van der Waals surface area contributed by atoms with Gasteiger partial charge >= 0.3 is 11.9 Å². The van der Waals surface area contributed by atoms with E-state index in [4.69, 9.17) is 9.47 Å². The highest BCUT2D eigenvalue weighted by molar-refractivity contribution is 6.01. The minimum Gasteiger partial charge on any atom is -0.462 e. The molecule has 6 atom stereocenters. The van der Waals surface area contributed by atoms with Gasteiger partial charge in [0.25, 0.3) is 0 Å². The van der Waals surface area contributed by atoms with Crippen molar-refractivity contribution in [2.24, 2.45) is 28.6 Å². The van der Waals surface area contributed by atoms with E-state index >= 15 is 0 Å². The Balaban J connectivity index is 1.70. The highest BCUT2D eigenvalue weighted by Gasteiger charge is 2.61. The van der Waals surface area contributed by atoms with Crippen LogP contribution in [0.25, 0.3) is 0 Å². The van der Waals surface area contributed by atoms with Crippen LogP contribution in [0.2, 0.25) is 0 Å². The summed E-state index contributed by atoms with van der Waals surface area (Å²) in [4.78, 5) is 48.2. The van der Waals surface area contributed by atoms with Gasteiger partial charge in [0.2, 0.25) is 0 Å². The third kappa shape index (κ3) is 3.50. The van der Waals surface area contributed by atoms with Crippen molar-refractivity contribution in [1.82, 2.24) is 0 Å². The number of esters is 2. The fourth-order valence-electron chi connectivity index (χ4n) is 6.86. The molecule has 2 fully saturated rings. The Bertz CT molecular complexity index is 940. The molecule has 31 heavy (non-hydrogen) atoms. The largest absolute Gasteiger partial charge is 0.462 e. The van der Waals surface area contributed by atoms with E-state index in [0.29, 0.717) is 12.0 Å². The molecule has 6 heteroatoms. The van der Waals surface area contributed by atoms with Crippen LogP contribution in [0.15, 0.2) is 35.5 Å². The van der Waals surface area contributed by atoms with Crippen molar-refractivity contribution in [1.29, 1.82) is 0 Å². The van der Waals surface area contributed by atoms with Gasteiger partial charge in [-0.15, -0.1) is 0 Å². The van der Waals surface area contributed by atoms with Gasteiger partial charge in [-0.1, -0.05) is 31.6 Å². The Kier molecular flexibility index (Phi) is 5.31. The number of Topliss-reactive ketones (excluding diaryl/α,β-unsaturated/α-hetero) is 1. The van der Waals surface area contributed by atoms with E-state index in [1.165, 1.54) is 13.8 Å². The Morgan fingerprint density at radius 2 is 1.90 bits per heavy atom. The van der Waals surface area contributed by atoms with E-state index in [-0.39, 0.29) is 53.4 Å². The summed E-state index contributed by atoms with van der Waals surface area (Å²) in [5.41, 5.74) is 1.02. The van der Waals surface area contributed by atoms with Crippen LogP contribution >= 0.6 is 0 Å². The third-order valence-electron chi connectivity index (χ3n) is 8.08. The average molecular weight is 427 g/mol. The maximum absolute atomic E-state index is 12.9. The summed E-state index contributed by atoms with van der Waals surface area (Å²) in [5, 5.41) is 0. The predicted octanol–water partition coefficient (Wildman–Crippen LogP) is 3.50. The molecule has 2 saturated carbocycles. The van der Waals surface area contributed by atoms with Crippen molar-refractivity contribution in [3.05, 3.63) is 35.5 Å². The van der Waals surface area contributed by atoms with Gasteiger partial charge in [0, 0.05) is 36.2 Å². The first-order chi connectivity index (χ1) is 14.6. The van der Waals surface area contributed by atoms with Crippen LogP contribution in [-0.4, -0.2) is 36.2 Å². The summed E-state index contributed by atoms with van der Waals surface area (Å²) < 4.78 is 10.9. The summed E-state index contributed by atoms with van der Waals surface area (Å²) >= 11 is 0. The second kappa shape index (κ2) is 7.57. The molecule has 0 aromatic heterocycles. The second-order valence-corrected chi connectivity index (χ2v) is 9.85. The Morgan fingerprint density at radius 1 is 1.16 bits per heavy atom. The van der Waals surface area contributed by atoms with Gasteiger partial charge in [-0.3, -0.25) is 19.2 Å². The summed E-state index contributed by atoms with van der Waals surface area (Å²) in [6, 6.07) is 0. The first-order valence-corrected chi connectivity index (χ1v) is 11.0. The SMILES string of the molecule is CC(=O)OCC(=O)C1=CC[C@H]2[C@@H]3CCC4=CC(=O)C=C[C@]4(C)[C@H]3C(OC(C)=O)C[C@]12C. The van der Waals surface area contributed by atoms with Crippen molar-refractivity contribution in [3.8, 4) is 0 Å². The van der Waals surface area contributed by atoms with Crippen LogP contribution in [0, 0.1) is 28.6 Å². The fraction of sp³-hybridized carbons (Fsp3) is 0.600. The quantitative estimate of drug-likeness (QED) is 0.640. The molecule has 0 aromatic rings. The van der Waals surface area contributed by atoms with Crippen LogP contribution in [0.1, 0.15) is 53.4 Å². The number of rotatable bonds is 4. The zero-order valence-electron chi connectivity index (χ0n) is 18.6. The Morgan fingerprint density at radius 3 is 2.58 bits per heavy atom. The van der Waals surface area contributed by atoms with Gasteiger partial charge in [-0.2, -0.15) is 0 Å². The monoisotopic (exact) mass is 426 g/mol. The summed E-state index contributed by atoms with van der Waals surface area (Å²) in [7, 11) is 0. The molecule has 4 aliphatic carbocycles. The van der Waals surface area contributed by atoms with Gasteiger partial charge in [-0.05, 0) is 49.7 Å². The molecule has 4 rings (SSSR count). The van der Waals surface area contributed by atoms with Crippen molar-refractivity contribution in [3.63, 3.8) is 0 Å². The van der Waals surface area contributed by atoms with Crippen molar-refractivity contribution >= 4 is 23.5 Å². The number of allylic oxidation sites excluding steroid dienone is 5. The van der Waals surface area contributed by atoms with Crippen molar-refractivity contribution < 1.29 is 28.7 Å². The van der Waals surface area contributed by atoms with Crippen LogP contribution in [0.4, 0.5) is 0 Å². The van der Waals surface area contributed by atoms with Gasteiger partial charge in [0.05, 0.1) is 0 Å². The number of carbonyl (C=O) groups excluding carboxylic acids is 4. The predicted molar refractivity (Wildman–Crippen MR) is 113 cm³/mol. The standard InChI is InChI=1S/C25H30O6/c1-14(26)30-13-21(29)20-8-7-19-18-6-5-16-11-17(28)9-10-24(16,3)23(18)22(31-15(2)27)12-25(19,20)4/h8-11,18-19,22-23H,5-7,12-13H2,1-4H3/t18-,19-,22?,23+,24-,25-/m0/s1. The lowest BCUT2D eigenvalue weighted by Gasteiger charge is -2.58. The molecule has 166 valence electrons. The molecule has 6 nitrogen and oxygen atoms in total. The van der Waals surface area contributed by atoms with Crippen LogP contribution in [0.3, 0.4) is 0 Å². The zero-order valence-corrected chi connectivity index (χ0v) is 18.6. The van der Waals surface area contributed by atoms with Crippen molar-refractivity contribution in [2.45, 2.75) is 59.5 Å². The molecular formula is C25H30O6. The number of ketones is 2. The number of hydrogen-bond acceptors (Lipinski definition) is 6. The molecule has 0 bridgehead atoms. The number of ether oxygens (including phenoxy) is 2. The molecule has 0 amide bonds. The van der Waals surface area contributed by atoms with Gasteiger partial charge in [-0.25, -0.2) is 0 Å². The molecule has 0 saturated heterocycles. The third-order valence-corrected chi connectivity index (χ3v) is 8.08. The van der Waals surface area contributed by atoms with Crippen LogP contribution < -0.4 is 0 Å². The highest BCUT2D eigenvalue weighted by atomic mass is 16.5. The molecule has 4 aliphatic rings. The van der Waals surface area contributed by atoms with Crippen LogP contribution in [0.5, 0.6) is 0 Å². The highest BCUT2D eigenvalue weighted by Crippen LogP contribution is 2.65. The molecule has 1 unspecified atom stereocenters. The molecule has 0 aliphatic heterocycles. The summed E-state index contributed by atoms with van der Waals surface area (Å²) in [5.74, 6) is -0.439. The van der Waals surface area contributed by atoms with E-state index < -0.39 is 11.4 Å². The summed E-state index contributed by atoms with van der Waals surface area (Å²) in [6.45, 7) is 6.68. The lowest BCUT2D eigenvalue weighted by molar-refractivity contribution is -0.167. The normalized spacial score (nSPS) is 38.3. The van der Waals surface area contributed by atoms with E-state index in [9.17, 15) is 19.2 Å². The number of hydrogen-bond donors (Lipinski definition) is 0. The van der Waals surface area contributed by atoms with E-state index in [2.05, 4.69) is 13.8 Å². The minimum absolute atomic E-state index is 0.0106. The first kappa shape index (κ1) is 21.7. The lowest BCUT2D eigenvalue weighted by atomic mass is 9.46. The molecular weight excluding hydrogens is 396 g/mol. The Labute approximate surface area is 182 Å². The number of carbonyl (C=O) groups is 4. The maximum Gasteiger partial charge on any atom is 0.303 e. The van der Waals surface area contributed by atoms with Crippen LogP contribution in [-0.2, 0) is 28.7 Å². The topological polar surface area (TPSA) is 86.7 Å².